The van der Waals surface area contributed by atoms with E-state index in [-0.39, 0.29) is 18.4 Å². The fourth-order valence-electron chi connectivity index (χ4n) is 3.95. The second kappa shape index (κ2) is 12.6. The molecule has 2 aromatic carbocycles. The van der Waals surface area contributed by atoms with Crippen LogP contribution < -0.4 is 14.8 Å². The summed E-state index contributed by atoms with van der Waals surface area (Å²) in [5.41, 5.74) is 1.52. The minimum atomic E-state index is -0.774. The van der Waals surface area contributed by atoms with Crippen LogP contribution in [0.5, 0.6) is 11.5 Å². The van der Waals surface area contributed by atoms with Crippen molar-refractivity contribution in [2.75, 3.05) is 33.4 Å². The van der Waals surface area contributed by atoms with Crippen LogP contribution in [0, 0.1) is 5.92 Å². The fourth-order valence-corrected chi connectivity index (χ4v) is 3.95. The van der Waals surface area contributed by atoms with Crippen molar-refractivity contribution in [2.24, 2.45) is 5.92 Å². The minimum absolute atomic E-state index is 0.151. The number of rotatable bonds is 9. The molecule has 1 heterocycles. The minimum Gasteiger partial charge on any atom is -0.496 e. The number of carbonyl (C=O) groups is 3. The van der Waals surface area contributed by atoms with Gasteiger partial charge in [-0.1, -0.05) is 18.2 Å². The third-order valence-corrected chi connectivity index (χ3v) is 5.90. The maximum absolute atomic E-state index is 12.6. The maximum Gasteiger partial charge on any atom is 0.513 e. The number of amides is 2. The highest BCUT2D eigenvalue weighted by molar-refractivity contribution is 5.94. The van der Waals surface area contributed by atoms with Crippen molar-refractivity contribution in [3.8, 4) is 11.5 Å². The number of carbonyl (C=O) groups excluding carboxylic acids is 3. The zero-order valence-electron chi connectivity index (χ0n) is 19.7. The summed E-state index contributed by atoms with van der Waals surface area (Å²) in [7, 11) is 1.64. The van der Waals surface area contributed by atoms with E-state index in [9.17, 15) is 14.4 Å². The van der Waals surface area contributed by atoms with E-state index >= 15 is 0 Å². The quantitative estimate of drug-likeness (QED) is 0.444. The highest BCUT2D eigenvalue weighted by Crippen LogP contribution is 2.21. The van der Waals surface area contributed by atoms with Gasteiger partial charge >= 0.3 is 6.16 Å². The van der Waals surface area contributed by atoms with Gasteiger partial charge in [-0.25, -0.2) is 4.79 Å². The van der Waals surface area contributed by atoms with Gasteiger partial charge in [0.1, 0.15) is 11.5 Å². The smallest absolute Gasteiger partial charge is 0.496 e. The second-order valence-electron chi connectivity index (χ2n) is 8.16. The molecule has 0 saturated carbocycles. The predicted molar refractivity (Wildman–Crippen MR) is 127 cm³/mol. The lowest BCUT2D eigenvalue weighted by Gasteiger charge is -2.32. The third kappa shape index (κ3) is 7.23. The first kappa shape index (κ1) is 25.1. The van der Waals surface area contributed by atoms with Gasteiger partial charge in [0.05, 0.1) is 13.7 Å². The number of nitrogens with zero attached hydrogens (tertiary/aromatic N) is 1. The van der Waals surface area contributed by atoms with E-state index in [0.717, 1.165) is 24.2 Å². The maximum atomic E-state index is 12.6. The summed E-state index contributed by atoms with van der Waals surface area (Å²) in [6.07, 6.45) is 2.05. The van der Waals surface area contributed by atoms with Crippen molar-refractivity contribution in [3.05, 3.63) is 59.7 Å². The Hall–Kier alpha value is -3.55. The van der Waals surface area contributed by atoms with Gasteiger partial charge in [0.2, 0.25) is 5.91 Å². The fraction of sp³-hybridized carbons (Fsp3) is 0.423. The first-order valence-corrected chi connectivity index (χ1v) is 11.6. The first-order valence-electron chi connectivity index (χ1n) is 11.6. The zero-order valence-corrected chi connectivity index (χ0v) is 19.7. The Labute approximate surface area is 200 Å². The monoisotopic (exact) mass is 468 g/mol. The number of likely N-dealkylation sites (tertiary alicyclic amines) is 1. The number of methoxy groups -OCH3 is 1. The lowest BCUT2D eigenvalue weighted by molar-refractivity contribution is -0.132. The molecule has 1 aliphatic rings. The van der Waals surface area contributed by atoms with E-state index in [1.54, 1.807) is 38.3 Å². The molecule has 1 saturated heterocycles. The molecule has 2 aromatic rings. The van der Waals surface area contributed by atoms with Gasteiger partial charge in [-0.05, 0) is 68.0 Å². The van der Waals surface area contributed by atoms with Crippen molar-refractivity contribution in [1.82, 2.24) is 10.2 Å². The lowest BCUT2D eigenvalue weighted by atomic mass is 9.96. The average molecular weight is 469 g/mol. The van der Waals surface area contributed by atoms with Crippen LogP contribution in [-0.2, 0) is 16.0 Å². The van der Waals surface area contributed by atoms with Crippen molar-refractivity contribution in [2.45, 2.75) is 32.6 Å². The highest BCUT2D eigenvalue weighted by atomic mass is 16.7. The van der Waals surface area contributed by atoms with Crippen LogP contribution in [0.25, 0.3) is 0 Å². The number of piperidine rings is 1. The van der Waals surface area contributed by atoms with Crippen molar-refractivity contribution < 1.29 is 28.6 Å². The van der Waals surface area contributed by atoms with Crippen LogP contribution in [-0.4, -0.2) is 56.2 Å². The summed E-state index contributed by atoms with van der Waals surface area (Å²) in [4.78, 5) is 38.3. The molecule has 1 N–H and O–H groups in total. The number of hydrogen-bond acceptors (Lipinski definition) is 6. The van der Waals surface area contributed by atoms with Crippen LogP contribution in [0.2, 0.25) is 0 Å². The summed E-state index contributed by atoms with van der Waals surface area (Å²) < 4.78 is 15.1. The summed E-state index contributed by atoms with van der Waals surface area (Å²) in [6, 6.07) is 14.1. The molecule has 34 heavy (non-hydrogen) atoms. The molecule has 0 unspecified atom stereocenters. The molecule has 1 aliphatic heterocycles. The van der Waals surface area contributed by atoms with Crippen LogP contribution in [0.15, 0.2) is 48.5 Å². The van der Waals surface area contributed by atoms with Crippen LogP contribution in [0.1, 0.15) is 42.1 Å². The Morgan fingerprint density at radius 3 is 2.41 bits per heavy atom. The summed E-state index contributed by atoms with van der Waals surface area (Å²) in [6.45, 7) is 3.88. The number of nitrogens with one attached hydrogen (secondary N) is 1. The molecule has 3 rings (SSSR count). The van der Waals surface area contributed by atoms with Gasteiger partial charge in [0.15, 0.2) is 0 Å². The Bertz CT molecular complexity index is 968. The van der Waals surface area contributed by atoms with Gasteiger partial charge in [-0.2, -0.15) is 0 Å². The van der Waals surface area contributed by atoms with Gasteiger partial charge in [-0.3, -0.25) is 9.59 Å². The molecule has 8 nitrogen and oxygen atoms in total. The van der Waals surface area contributed by atoms with E-state index in [1.807, 2.05) is 29.2 Å². The Kier molecular flexibility index (Phi) is 9.31. The van der Waals surface area contributed by atoms with E-state index < -0.39 is 6.16 Å². The number of hydrogen-bond donors (Lipinski definition) is 1. The molecule has 0 radical (unpaired) electrons. The molecule has 1 fully saturated rings. The molecule has 0 aromatic heterocycles. The number of para-hydroxylation sites is 1. The standard InChI is InChI=1S/C26H32N2O6/c1-3-33-26(31)34-22-11-8-21(9-12-22)25(30)27-18-19-14-16-28(17-15-19)24(29)13-10-20-6-4-5-7-23(20)32-2/h4-9,11-12,19H,3,10,13-18H2,1-2H3,(H,27,30). The van der Waals surface area contributed by atoms with Crippen LogP contribution in [0.4, 0.5) is 4.79 Å². The van der Waals surface area contributed by atoms with E-state index in [0.29, 0.717) is 49.7 Å². The Balaban J connectivity index is 1.38. The van der Waals surface area contributed by atoms with Gasteiger partial charge in [0.25, 0.3) is 5.91 Å². The van der Waals surface area contributed by atoms with E-state index in [2.05, 4.69) is 5.32 Å². The van der Waals surface area contributed by atoms with E-state index in [4.69, 9.17) is 14.2 Å². The Morgan fingerprint density at radius 2 is 1.74 bits per heavy atom. The van der Waals surface area contributed by atoms with Crippen LogP contribution >= 0.6 is 0 Å². The van der Waals surface area contributed by atoms with Crippen LogP contribution in [0.3, 0.4) is 0 Å². The van der Waals surface area contributed by atoms with Crippen molar-refractivity contribution in [3.63, 3.8) is 0 Å². The van der Waals surface area contributed by atoms with Gasteiger partial charge in [0, 0.05) is 31.6 Å². The summed E-state index contributed by atoms with van der Waals surface area (Å²) in [5, 5.41) is 2.96. The molecule has 182 valence electrons. The summed E-state index contributed by atoms with van der Waals surface area (Å²) in [5.74, 6) is 1.42. The average Bonchev–Trinajstić information content (AvgIpc) is 2.87. The largest absolute Gasteiger partial charge is 0.513 e. The zero-order chi connectivity index (χ0) is 24.3. The molecule has 0 bridgehead atoms. The Morgan fingerprint density at radius 1 is 1.03 bits per heavy atom. The highest BCUT2D eigenvalue weighted by Gasteiger charge is 2.23. The SMILES string of the molecule is CCOC(=O)Oc1ccc(C(=O)NCC2CCN(C(=O)CCc3ccccc3OC)CC2)cc1. The normalized spacial score (nSPS) is 13.8. The van der Waals surface area contributed by atoms with Crippen molar-refractivity contribution in [1.29, 1.82) is 0 Å². The number of aryl methyl sites for hydroxylation is 1. The molecule has 8 heteroatoms. The molecule has 0 spiro atoms. The molecular weight excluding hydrogens is 436 g/mol. The lowest BCUT2D eigenvalue weighted by Crippen LogP contribution is -2.41. The second-order valence-corrected chi connectivity index (χ2v) is 8.16. The summed E-state index contributed by atoms with van der Waals surface area (Å²) >= 11 is 0. The molecule has 0 atom stereocenters. The molecule has 0 aliphatic carbocycles. The number of benzene rings is 2. The molecule has 2 amide bonds. The van der Waals surface area contributed by atoms with Crippen molar-refractivity contribution >= 4 is 18.0 Å². The number of ether oxygens (including phenoxy) is 3. The predicted octanol–water partition coefficient (Wildman–Crippen LogP) is 3.83. The first-order chi connectivity index (χ1) is 16.5. The van der Waals surface area contributed by atoms with Gasteiger partial charge in [-0.15, -0.1) is 0 Å². The molecular formula is C26H32N2O6. The third-order valence-electron chi connectivity index (χ3n) is 5.90. The van der Waals surface area contributed by atoms with Gasteiger partial charge < -0.3 is 24.4 Å². The van der Waals surface area contributed by atoms with E-state index in [1.165, 1.54) is 0 Å². The topological polar surface area (TPSA) is 94.2 Å².